The highest BCUT2D eigenvalue weighted by Gasteiger charge is 2.17. The summed E-state index contributed by atoms with van der Waals surface area (Å²) in [6, 6.07) is 5.94. The summed E-state index contributed by atoms with van der Waals surface area (Å²) < 4.78 is 7.78. The van der Waals surface area contributed by atoms with Crippen molar-refractivity contribution in [3.8, 4) is 5.75 Å². The molecule has 1 fully saturated rings. The molecule has 30 heavy (non-hydrogen) atoms. The van der Waals surface area contributed by atoms with Gasteiger partial charge in [-0.05, 0) is 37.5 Å². The summed E-state index contributed by atoms with van der Waals surface area (Å²) in [6.45, 7) is 6.58. The van der Waals surface area contributed by atoms with E-state index in [1.807, 2.05) is 29.7 Å². The fourth-order valence-electron chi connectivity index (χ4n) is 3.53. The van der Waals surface area contributed by atoms with Gasteiger partial charge in [0.05, 0.1) is 10.8 Å². The number of aryl methyl sites for hydroxylation is 1. The summed E-state index contributed by atoms with van der Waals surface area (Å²) in [7, 11) is 0. The lowest BCUT2D eigenvalue weighted by Crippen LogP contribution is -2.35. The number of ether oxygens (including phenoxy) is 1. The number of hydrogen-bond acceptors (Lipinski definition) is 5. The van der Waals surface area contributed by atoms with Crippen LogP contribution in [0.1, 0.15) is 49.9 Å². The lowest BCUT2D eigenvalue weighted by atomic mass is 10.1. The second-order valence-electron chi connectivity index (χ2n) is 7.57. The summed E-state index contributed by atoms with van der Waals surface area (Å²) in [6.07, 6.45) is 8.86. The van der Waals surface area contributed by atoms with Crippen LogP contribution in [0, 0.1) is 6.92 Å². The second-order valence-corrected chi connectivity index (χ2v) is 8.92. The van der Waals surface area contributed by atoms with Gasteiger partial charge in [-0.3, -0.25) is 9.36 Å². The van der Waals surface area contributed by atoms with Gasteiger partial charge in [0.1, 0.15) is 12.4 Å². The van der Waals surface area contributed by atoms with Crippen molar-refractivity contribution in [3.05, 3.63) is 47.3 Å². The van der Waals surface area contributed by atoms with Gasteiger partial charge in [-0.25, -0.2) is 0 Å². The molecule has 162 valence electrons. The third kappa shape index (κ3) is 6.51. The fourth-order valence-corrected chi connectivity index (χ4v) is 4.48. The summed E-state index contributed by atoms with van der Waals surface area (Å²) >= 11 is 7.60. The van der Waals surface area contributed by atoms with Crippen LogP contribution in [-0.2, 0) is 17.9 Å². The minimum Gasteiger partial charge on any atom is -0.484 e. The number of carbonyl (C=O) groups excluding carboxylic acids is 1. The number of rotatable bonds is 9. The van der Waals surface area contributed by atoms with Gasteiger partial charge in [0.25, 0.3) is 0 Å². The molecule has 1 N–H and O–H groups in total. The van der Waals surface area contributed by atoms with Crippen molar-refractivity contribution in [2.75, 3.05) is 5.75 Å². The lowest BCUT2D eigenvalue weighted by molar-refractivity contribution is -0.119. The number of aromatic nitrogens is 3. The number of amides is 1. The third-order valence-electron chi connectivity index (χ3n) is 5.10. The van der Waals surface area contributed by atoms with Crippen LogP contribution in [0.15, 0.2) is 36.0 Å². The number of hydrogen-bond donors (Lipinski definition) is 1. The van der Waals surface area contributed by atoms with Gasteiger partial charge < -0.3 is 10.1 Å². The van der Waals surface area contributed by atoms with Crippen LogP contribution in [0.2, 0.25) is 5.02 Å². The number of nitrogens with zero attached hydrogens (tertiary/aromatic N) is 3. The average Bonchev–Trinajstić information content (AvgIpc) is 2.92. The maximum atomic E-state index is 12.4. The SMILES string of the molecule is C=CCn1c(COc2cc(C)ccc2Cl)nnc1SCC(=O)NC1CCCCCC1. The highest BCUT2D eigenvalue weighted by molar-refractivity contribution is 7.99. The Morgan fingerprint density at radius 2 is 2.10 bits per heavy atom. The Labute approximate surface area is 187 Å². The van der Waals surface area contributed by atoms with Crippen LogP contribution < -0.4 is 10.1 Å². The molecule has 1 aromatic carbocycles. The van der Waals surface area contributed by atoms with Gasteiger partial charge in [-0.1, -0.05) is 61.2 Å². The van der Waals surface area contributed by atoms with E-state index in [4.69, 9.17) is 16.3 Å². The van der Waals surface area contributed by atoms with E-state index in [-0.39, 0.29) is 12.5 Å². The standard InChI is InChI=1S/C22H29ClN4O2S/c1-3-12-27-20(14-29-19-13-16(2)10-11-18(19)23)25-26-22(27)30-15-21(28)24-17-8-6-4-5-7-9-17/h3,10-11,13,17H,1,4-9,12,14-15H2,2H3,(H,24,28). The van der Waals surface area contributed by atoms with Crippen LogP contribution in [0.5, 0.6) is 5.75 Å². The van der Waals surface area contributed by atoms with Crippen LogP contribution in [-0.4, -0.2) is 32.5 Å². The van der Waals surface area contributed by atoms with Crippen molar-refractivity contribution < 1.29 is 9.53 Å². The van der Waals surface area contributed by atoms with Gasteiger partial charge in [-0.15, -0.1) is 16.8 Å². The molecule has 1 amide bonds. The van der Waals surface area contributed by atoms with Crippen molar-refractivity contribution in [1.29, 1.82) is 0 Å². The van der Waals surface area contributed by atoms with Crippen LogP contribution >= 0.6 is 23.4 Å². The smallest absolute Gasteiger partial charge is 0.230 e. The Kier molecular flexibility index (Phi) is 8.63. The molecule has 0 spiro atoms. The predicted octanol–water partition coefficient (Wildman–Crippen LogP) is 4.94. The summed E-state index contributed by atoms with van der Waals surface area (Å²) in [5, 5.41) is 12.9. The first kappa shape index (κ1) is 22.7. The van der Waals surface area contributed by atoms with E-state index < -0.39 is 0 Å². The molecule has 0 radical (unpaired) electrons. The van der Waals surface area contributed by atoms with Crippen molar-refractivity contribution >= 4 is 29.3 Å². The zero-order chi connectivity index (χ0) is 21.3. The molecule has 1 aromatic heterocycles. The van der Waals surface area contributed by atoms with Gasteiger partial charge >= 0.3 is 0 Å². The largest absolute Gasteiger partial charge is 0.484 e. The summed E-state index contributed by atoms with van der Waals surface area (Å²) in [5.41, 5.74) is 1.07. The van der Waals surface area contributed by atoms with Gasteiger partial charge in [0.15, 0.2) is 11.0 Å². The van der Waals surface area contributed by atoms with E-state index in [1.54, 1.807) is 6.08 Å². The zero-order valence-corrected chi connectivity index (χ0v) is 19.0. The number of halogens is 1. The van der Waals surface area contributed by atoms with Gasteiger partial charge in [-0.2, -0.15) is 0 Å². The molecule has 8 heteroatoms. The van der Waals surface area contributed by atoms with Crippen LogP contribution in [0.25, 0.3) is 0 Å². The molecule has 2 aromatic rings. The Hall–Kier alpha value is -1.99. The summed E-state index contributed by atoms with van der Waals surface area (Å²) in [5.74, 6) is 1.64. The normalized spacial score (nSPS) is 14.9. The minimum atomic E-state index is 0.0457. The fraction of sp³-hybridized carbons (Fsp3) is 0.500. The van der Waals surface area contributed by atoms with Gasteiger partial charge in [0, 0.05) is 12.6 Å². The Balaban J connectivity index is 1.58. The number of benzene rings is 1. The molecular formula is C22H29ClN4O2S. The van der Waals surface area contributed by atoms with E-state index in [9.17, 15) is 4.79 Å². The topological polar surface area (TPSA) is 69.0 Å². The molecular weight excluding hydrogens is 420 g/mol. The first-order valence-electron chi connectivity index (χ1n) is 10.4. The number of nitrogens with one attached hydrogen (secondary N) is 1. The van der Waals surface area contributed by atoms with Gasteiger partial charge in [0.2, 0.25) is 5.91 Å². The number of carbonyl (C=O) groups is 1. The molecule has 0 saturated heterocycles. The molecule has 0 bridgehead atoms. The van der Waals surface area contributed by atoms with Crippen molar-refractivity contribution in [3.63, 3.8) is 0 Å². The molecule has 0 atom stereocenters. The van der Waals surface area contributed by atoms with Crippen LogP contribution in [0.3, 0.4) is 0 Å². The van der Waals surface area contributed by atoms with E-state index in [2.05, 4.69) is 22.1 Å². The molecule has 1 aliphatic carbocycles. The average molecular weight is 449 g/mol. The van der Waals surface area contributed by atoms with E-state index in [1.165, 1.54) is 37.4 Å². The maximum Gasteiger partial charge on any atom is 0.230 e. The highest BCUT2D eigenvalue weighted by atomic mass is 35.5. The monoisotopic (exact) mass is 448 g/mol. The first-order valence-corrected chi connectivity index (χ1v) is 11.8. The molecule has 3 rings (SSSR count). The quantitative estimate of drug-likeness (QED) is 0.334. The molecule has 1 saturated carbocycles. The third-order valence-corrected chi connectivity index (χ3v) is 6.38. The maximum absolute atomic E-state index is 12.4. The van der Waals surface area contributed by atoms with Crippen molar-refractivity contribution in [2.24, 2.45) is 0 Å². The predicted molar refractivity (Wildman–Crippen MR) is 121 cm³/mol. The molecule has 0 unspecified atom stereocenters. The Morgan fingerprint density at radius 1 is 1.33 bits per heavy atom. The Morgan fingerprint density at radius 3 is 2.83 bits per heavy atom. The minimum absolute atomic E-state index is 0.0457. The number of allylic oxidation sites excluding steroid dienone is 1. The summed E-state index contributed by atoms with van der Waals surface area (Å²) in [4.78, 5) is 12.4. The highest BCUT2D eigenvalue weighted by Crippen LogP contribution is 2.26. The second kappa shape index (κ2) is 11.4. The van der Waals surface area contributed by atoms with E-state index in [0.29, 0.717) is 40.1 Å². The van der Waals surface area contributed by atoms with E-state index >= 15 is 0 Å². The van der Waals surface area contributed by atoms with Crippen LogP contribution in [0.4, 0.5) is 0 Å². The lowest BCUT2D eigenvalue weighted by Gasteiger charge is -2.16. The zero-order valence-electron chi connectivity index (χ0n) is 17.4. The molecule has 0 aliphatic heterocycles. The Bertz CT molecular complexity index is 863. The number of thioether (sulfide) groups is 1. The van der Waals surface area contributed by atoms with Crippen molar-refractivity contribution in [2.45, 2.75) is 69.8 Å². The van der Waals surface area contributed by atoms with E-state index in [0.717, 1.165) is 18.4 Å². The molecule has 1 aliphatic rings. The van der Waals surface area contributed by atoms with Crippen molar-refractivity contribution in [1.82, 2.24) is 20.1 Å². The first-order chi connectivity index (χ1) is 14.6. The molecule has 1 heterocycles. The molecule has 6 nitrogen and oxygen atoms in total.